The molecule has 0 bridgehead atoms. The highest BCUT2D eigenvalue weighted by molar-refractivity contribution is 6.13. The van der Waals surface area contributed by atoms with Gasteiger partial charge >= 0.3 is 18.0 Å². The minimum absolute atomic E-state index is 0.0183. The second-order valence-corrected chi connectivity index (χ2v) is 11.6. The minimum atomic E-state index is -1.05. The summed E-state index contributed by atoms with van der Waals surface area (Å²) < 4.78 is 15.6. The van der Waals surface area contributed by atoms with Crippen molar-refractivity contribution >= 4 is 29.5 Å². The molecule has 222 valence electrons. The molecular weight excluding hydrogens is 524 g/mol. The Morgan fingerprint density at radius 1 is 0.732 bits per heavy atom. The van der Waals surface area contributed by atoms with Crippen LogP contribution in [0, 0.1) is 0 Å². The van der Waals surface area contributed by atoms with Crippen LogP contribution in [0.15, 0.2) is 65.7 Å². The van der Waals surface area contributed by atoms with Gasteiger partial charge in [-0.05, 0) is 54.4 Å². The molecule has 2 rings (SSSR count). The zero-order chi connectivity index (χ0) is 30.6. The van der Waals surface area contributed by atoms with Crippen molar-refractivity contribution in [2.45, 2.75) is 90.5 Å². The largest absolute Gasteiger partial charge is 0.467 e. The Kier molecular flexibility index (Phi) is 12.2. The summed E-state index contributed by atoms with van der Waals surface area (Å²) in [6.45, 7) is 10.4. The molecule has 0 radical (unpaired) electrons. The summed E-state index contributed by atoms with van der Waals surface area (Å²) in [7, 11) is 1.20. The van der Waals surface area contributed by atoms with Crippen molar-refractivity contribution in [3.8, 4) is 0 Å². The molecule has 1 unspecified atom stereocenters. The lowest BCUT2D eigenvalue weighted by atomic mass is 10.00. The van der Waals surface area contributed by atoms with Gasteiger partial charge in [0.05, 0.1) is 12.8 Å². The van der Waals surface area contributed by atoms with Gasteiger partial charge in [0.2, 0.25) is 0 Å². The summed E-state index contributed by atoms with van der Waals surface area (Å²) >= 11 is 0. The Morgan fingerprint density at radius 2 is 1.22 bits per heavy atom. The molecule has 0 spiro atoms. The summed E-state index contributed by atoms with van der Waals surface area (Å²) in [5.41, 5.74) is 0.772. The lowest BCUT2D eigenvalue weighted by Crippen LogP contribution is -2.44. The zero-order valence-corrected chi connectivity index (χ0v) is 25.1. The van der Waals surface area contributed by atoms with Crippen LogP contribution in [-0.2, 0) is 28.6 Å². The first kappa shape index (κ1) is 33.2. The van der Waals surface area contributed by atoms with E-state index in [-0.39, 0.29) is 31.5 Å². The van der Waals surface area contributed by atoms with Crippen molar-refractivity contribution in [1.29, 1.82) is 0 Å². The molecule has 9 nitrogen and oxygen atoms in total. The Hall–Kier alpha value is -4.01. The second-order valence-electron chi connectivity index (χ2n) is 11.6. The summed E-state index contributed by atoms with van der Waals surface area (Å²) in [5.74, 6) is -1.42. The number of esters is 2. The molecule has 0 saturated heterocycles. The molecule has 2 aromatic carbocycles. The number of alkyl carbamates (subject to hydrolysis) is 1. The van der Waals surface area contributed by atoms with Gasteiger partial charge in [-0.25, -0.2) is 14.4 Å². The van der Waals surface area contributed by atoms with Crippen molar-refractivity contribution in [2.75, 3.05) is 7.11 Å². The first-order chi connectivity index (χ1) is 19.2. The maximum absolute atomic E-state index is 13.2. The smallest absolute Gasteiger partial charge is 0.408 e. The number of Topliss-reactive ketones (excluding diaryl/α,β-unsaturated/α-hetero) is 1. The van der Waals surface area contributed by atoms with Gasteiger partial charge < -0.3 is 19.5 Å². The van der Waals surface area contributed by atoms with Gasteiger partial charge in [-0.2, -0.15) is 0 Å². The number of nitrogens with one attached hydrogen (secondary N) is 1. The van der Waals surface area contributed by atoms with E-state index in [1.165, 1.54) is 7.11 Å². The van der Waals surface area contributed by atoms with Crippen molar-refractivity contribution in [2.24, 2.45) is 4.99 Å². The summed E-state index contributed by atoms with van der Waals surface area (Å²) in [6.07, 6.45) is -0.659. The number of methoxy groups -OCH3 is 1. The minimum Gasteiger partial charge on any atom is -0.467 e. The van der Waals surface area contributed by atoms with Gasteiger partial charge in [0.25, 0.3) is 0 Å². The Balaban J connectivity index is 2.22. The maximum Gasteiger partial charge on any atom is 0.408 e. The molecule has 41 heavy (non-hydrogen) atoms. The van der Waals surface area contributed by atoms with Crippen LogP contribution in [0.2, 0.25) is 0 Å². The van der Waals surface area contributed by atoms with E-state index in [1.54, 1.807) is 41.5 Å². The molecule has 1 N–H and O–H groups in total. The third-order valence-electron chi connectivity index (χ3n) is 5.64. The Labute approximate surface area is 242 Å². The van der Waals surface area contributed by atoms with Crippen LogP contribution in [0.25, 0.3) is 0 Å². The maximum atomic E-state index is 13.2. The quantitative estimate of drug-likeness (QED) is 0.207. The van der Waals surface area contributed by atoms with Crippen LogP contribution in [0.5, 0.6) is 0 Å². The van der Waals surface area contributed by atoms with Crippen LogP contribution in [-0.4, -0.2) is 59.9 Å². The van der Waals surface area contributed by atoms with Crippen LogP contribution in [0.3, 0.4) is 0 Å². The number of ketones is 1. The monoisotopic (exact) mass is 566 g/mol. The molecule has 0 aliphatic heterocycles. The topological polar surface area (TPSA) is 120 Å². The van der Waals surface area contributed by atoms with E-state index >= 15 is 0 Å². The van der Waals surface area contributed by atoms with E-state index in [9.17, 15) is 19.2 Å². The fourth-order valence-electron chi connectivity index (χ4n) is 3.84. The van der Waals surface area contributed by atoms with E-state index in [4.69, 9.17) is 19.2 Å². The van der Waals surface area contributed by atoms with Crippen LogP contribution < -0.4 is 5.32 Å². The Morgan fingerprint density at radius 3 is 1.68 bits per heavy atom. The molecule has 9 heteroatoms. The van der Waals surface area contributed by atoms with E-state index in [0.29, 0.717) is 5.71 Å². The SMILES string of the molecule is COC(=O)[C@@H](CCC(=O)CCC(N=C(c1ccccc1)c1ccccc1)C(=O)OC(C)(C)C)NC(=O)OC(C)(C)C. The first-order valence-corrected chi connectivity index (χ1v) is 13.7. The van der Waals surface area contributed by atoms with E-state index in [1.807, 2.05) is 60.7 Å². The average molecular weight is 567 g/mol. The molecule has 2 aromatic rings. The first-order valence-electron chi connectivity index (χ1n) is 13.7. The van der Waals surface area contributed by atoms with Crippen LogP contribution in [0.4, 0.5) is 4.79 Å². The number of carbonyl (C=O) groups excluding carboxylic acids is 4. The van der Waals surface area contributed by atoms with E-state index in [0.717, 1.165) is 11.1 Å². The van der Waals surface area contributed by atoms with Gasteiger partial charge in [0.15, 0.2) is 0 Å². The van der Waals surface area contributed by atoms with Gasteiger partial charge in [-0.15, -0.1) is 0 Å². The van der Waals surface area contributed by atoms with Crippen LogP contribution >= 0.6 is 0 Å². The number of hydrogen-bond acceptors (Lipinski definition) is 8. The van der Waals surface area contributed by atoms with Gasteiger partial charge in [0.1, 0.15) is 29.1 Å². The zero-order valence-electron chi connectivity index (χ0n) is 25.1. The number of amides is 1. The van der Waals surface area contributed by atoms with Crippen molar-refractivity contribution in [3.63, 3.8) is 0 Å². The molecule has 0 aliphatic carbocycles. The fourth-order valence-corrected chi connectivity index (χ4v) is 3.84. The van der Waals surface area contributed by atoms with Gasteiger partial charge in [-0.1, -0.05) is 60.7 Å². The number of carbonyl (C=O) groups is 4. The molecule has 1 amide bonds. The predicted molar refractivity (Wildman–Crippen MR) is 157 cm³/mol. The normalized spacial score (nSPS) is 12.9. The molecular formula is C32H42N2O7. The number of ether oxygens (including phenoxy) is 3. The lowest BCUT2D eigenvalue weighted by Gasteiger charge is -2.23. The van der Waals surface area contributed by atoms with Gasteiger partial charge in [-0.3, -0.25) is 9.79 Å². The van der Waals surface area contributed by atoms with Crippen molar-refractivity contribution < 1.29 is 33.4 Å². The number of nitrogens with zero attached hydrogens (tertiary/aromatic N) is 1. The van der Waals surface area contributed by atoms with Gasteiger partial charge in [0, 0.05) is 24.0 Å². The van der Waals surface area contributed by atoms with Crippen molar-refractivity contribution in [3.05, 3.63) is 71.8 Å². The third kappa shape index (κ3) is 12.4. The molecule has 0 fully saturated rings. The molecule has 0 saturated carbocycles. The summed E-state index contributed by atoms with van der Waals surface area (Å²) in [4.78, 5) is 55.4. The standard InChI is InChI=1S/C32H42N2O7/c1-31(2,3)40-29(37)26(33-27(22-14-10-8-11-15-22)23-16-12-9-13-17-23)21-19-24(35)18-20-25(28(36)39-7)34-30(38)41-32(4,5)6/h8-17,25-26H,18-21H2,1-7H3,(H,34,38)/t25-,26?/m1/s1. The number of aliphatic imine (C=N–C) groups is 1. The van der Waals surface area contributed by atoms with E-state index < -0.39 is 41.3 Å². The van der Waals surface area contributed by atoms with E-state index in [2.05, 4.69) is 5.32 Å². The molecule has 0 aliphatic rings. The van der Waals surface area contributed by atoms with Crippen LogP contribution in [0.1, 0.15) is 78.4 Å². The molecule has 0 heterocycles. The number of rotatable bonds is 12. The molecule has 2 atom stereocenters. The highest BCUT2D eigenvalue weighted by Crippen LogP contribution is 2.19. The Bertz CT molecular complexity index is 1150. The fraction of sp³-hybridized carbons (Fsp3) is 0.469. The summed E-state index contributed by atoms with van der Waals surface area (Å²) in [5, 5.41) is 2.47. The molecule has 0 aromatic heterocycles. The number of hydrogen-bond donors (Lipinski definition) is 1. The lowest BCUT2D eigenvalue weighted by molar-refractivity contribution is -0.156. The predicted octanol–water partition coefficient (Wildman–Crippen LogP) is 5.43. The number of benzene rings is 2. The second kappa shape index (κ2) is 15.1. The highest BCUT2D eigenvalue weighted by atomic mass is 16.6. The third-order valence-corrected chi connectivity index (χ3v) is 5.64. The summed E-state index contributed by atoms with van der Waals surface area (Å²) in [6, 6.07) is 17.0. The average Bonchev–Trinajstić information content (AvgIpc) is 2.89. The highest BCUT2D eigenvalue weighted by Gasteiger charge is 2.28. The van der Waals surface area contributed by atoms with Crippen molar-refractivity contribution in [1.82, 2.24) is 5.32 Å².